The Hall–Kier alpha value is -1.64. The van der Waals surface area contributed by atoms with E-state index in [-0.39, 0.29) is 6.04 Å². The molecule has 0 heterocycles. The van der Waals surface area contributed by atoms with E-state index in [1.54, 1.807) is 0 Å². The molecule has 0 aromatic heterocycles. The predicted octanol–water partition coefficient (Wildman–Crippen LogP) is 4.12. The molecule has 0 aliphatic heterocycles. The summed E-state index contributed by atoms with van der Waals surface area (Å²) in [4.78, 5) is 0. The van der Waals surface area contributed by atoms with Crippen LogP contribution in [0.25, 0.3) is 0 Å². The van der Waals surface area contributed by atoms with E-state index in [9.17, 15) is 0 Å². The monoisotopic (exact) mass is 282 g/mol. The molecule has 2 nitrogen and oxygen atoms in total. The second kappa shape index (κ2) is 7.39. The van der Waals surface area contributed by atoms with Gasteiger partial charge in [0.15, 0.2) is 0 Å². The van der Waals surface area contributed by atoms with Gasteiger partial charge in [0.05, 0.1) is 6.04 Å². The average Bonchev–Trinajstić information content (AvgIpc) is 2.53. The SMILES string of the molecule is CCc1ccccc1C(Cc1ccc(C(C)C)cc1)NN. The third-order valence-electron chi connectivity index (χ3n) is 4.10. The van der Waals surface area contributed by atoms with E-state index in [0.717, 1.165) is 12.8 Å². The molecule has 0 radical (unpaired) electrons. The van der Waals surface area contributed by atoms with E-state index in [2.05, 4.69) is 74.7 Å². The van der Waals surface area contributed by atoms with Crippen LogP contribution in [0.2, 0.25) is 0 Å². The van der Waals surface area contributed by atoms with Gasteiger partial charge in [0, 0.05) is 0 Å². The van der Waals surface area contributed by atoms with Crippen molar-refractivity contribution < 1.29 is 0 Å². The normalized spacial score (nSPS) is 12.6. The Morgan fingerprint density at radius 3 is 2.24 bits per heavy atom. The molecule has 3 N–H and O–H groups in total. The van der Waals surface area contributed by atoms with Gasteiger partial charge in [0.2, 0.25) is 0 Å². The molecule has 2 heteroatoms. The molecule has 0 aliphatic carbocycles. The molecule has 0 spiro atoms. The molecule has 1 unspecified atom stereocenters. The highest BCUT2D eigenvalue weighted by Crippen LogP contribution is 2.23. The fourth-order valence-electron chi connectivity index (χ4n) is 2.73. The van der Waals surface area contributed by atoms with Gasteiger partial charge in [0.1, 0.15) is 0 Å². The van der Waals surface area contributed by atoms with Gasteiger partial charge >= 0.3 is 0 Å². The smallest absolute Gasteiger partial charge is 0.0503 e. The van der Waals surface area contributed by atoms with E-state index >= 15 is 0 Å². The van der Waals surface area contributed by atoms with Crippen LogP contribution in [-0.4, -0.2) is 0 Å². The molecular weight excluding hydrogens is 256 g/mol. The molecule has 21 heavy (non-hydrogen) atoms. The van der Waals surface area contributed by atoms with Gasteiger partial charge in [-0.1, -0.05) is 69.3 Å². The Morgan fingerprint density at radius 2 is 1.67 bits per heavy atom. The fraction of sp³-hybridized carbons (Fsp3) is 0.368. The lowest BCUT2D eigenvalue weighted by atomic mass is 9.93. The van der Waals surface area contributed by atoms with E-state index in [0.29, 0.717) is 5.92 Å². The van der Waals surface area contributed by atoms with Gasteiger partial charge < -0.3 is 0 Å². The standard InChI is InChI=1S/C19H26N2/c1-4-16-7-5-6-8-18(16)19(21-20)13-15-9-11-17(12-10-15)14(2)3/h5-12,14,19,21H,4,13,20H2,1-3H3. The Bertz CT molecular complexity index is 558. The summed E-state index contributed by atoms with van der Waals surface area (Å²) in [6.07, 6.45) is 1.94. The van der Waals surface area contributed by atoms with Crippen LogP contribution in [0.3, 0.4) is 0 Å². The molecule has 0 saturated heterocycles. The lowest BCUT2D eigenvalue weighted by Crippen LogP contribution is -2.30. The van der Waals surface area contributed by atoms with Gasteiger partial charge in [-0.05, 0) is 41.0 Å². The number of rotatable bonds is 6. The molecule has 2 aromatic carbocycles. The molecule has 2 aromatic rings. The highest BCUT2D eigenvalue weighted by atomic mass is 15.2. The van der Waals surface area contributed by atoms with Crippen molar-refractivity contribution in [2.24, 2.45) is 5.84 Å². The Kier molecular flexibility index (Phi) is 5.54. The van der Waals surface area contributed by atoms with Gasteiger partial charge in [-0.15, -0.1) is 0 Å². The summed E-state index contributed by atoms with van der Waals surface area (Å²) in [5.74, 6) is 6.38. The first-order valence-corrected chi connectivity index (χ1v) is 7.78. The molecule has 0 bridgehead atoms. The molecule has 2 rings (SSSR count). The second-order valence-corrected chi connectivity index (χ2v) is 5.87. The number of hydrogen-bond donors (Lipinski definition) is 2. The number of aryl methyl sites for hydroxylation is 1. The number of nitrogens with one attached hydrogen (secondary N) is 1. The molecule has 0 amide bonds. The summed E-state index contributed by atoms with van der Waals surface area (Å²) in [5, 5.41) is 0. The van der Waals surface area contributed by atoms with Crippen molar-refractivity contribution in [3.63, 3.8) is 0 Å². The van der Waals surface area contributed by atoms with Crippen molar-refractivity contribution in [1.82, 2.24) is 5.43 Å². The fourth-order valence-corrected chi connectivity index (χ4v) is 2.73. The molecule has 0 saturated carbocycles. The Morgan fingerprint density at radius 1 is 1.00 bits per heavy atom. The van der Waals surface area contributed by atoms with Crippen molar-refractivity contribution in [2.45, 2.75) is 45.6 Å². The zero-order valence-corrected chi connectivity index (χ0v) is 13.3. The Balaban J connectivity index is 2.19. The van der Waals surface area contributed by atoms with E-state index in [4.69, 9.17) is 5.84 Å². The van der Waals surface area contributed by atoms with Crippen molar-refractivity contribution in [3.8, 4) is 0 Å². The molecule has 112 valence electrons. The molecule has 0 fully saturated rings. The van der Waals surface area contributed by atoms with Crippen molar-refractivity contribution >= 4 is 0 Å². The first-order valence-electron chi connectivity index (χ1n) is 7.78. The van der Waals surface area contributed by atoms with Crippen molar-refractivity contribution in [1.29, 1.82) is 0 Å². The van der Waals surface area contributed by atoms with Crippen LogP contribution in [0.5, 0.6) is 0 Å². The highest BCUT2D eigenvalue weighted by molar-refractivity contribution is 5.32. The lowest BCUT2D eigenvalue weighted by Gasteiger charge is -2.20. The van der Waals surface area contributed by atoms with Crippen LogP contribution in [0.15, 0.2) is 48.5 Å². The van der Waals surface area contributed by atoms with E-state index < -0.39 is 0 Å². The predicted molar refractivity (Wildman–Crippen MR) is 90.1 cm³/mol. The average molecular weight is 282 g/mol. The summed E-state index contributed by atoms with van der Waals surface area (Å²) in [5.41, 5.74) is 8.33. The van der Waals surface area contributed by atoms with Crippen molar-refractivity contribution in [3.05, 3.63) is 70.8 Å². The maximum absolute atomic E-state index is 5.80. The summed E-state index contributed by atoms with van der Waals surface area (Å²) in [6, 6.07) is 17.6. The third kappa shape index (κ3) is 3.93. The number of nitrogens with two attached hydrogens (primary N) is 1. The van der Waals surface area contributed by atoms with Crippen LogP contribution in [0.4, 0.5) is 0 Å². The quantitative estimate of drug-likeness (QED) is 0.618. The van der Waals surface area contributed by atoms with Gasteiger partial charge in [-0.3, -0.25) is 11.3 Å². The Labute approximate surface area is 128 Å². The third-order valence-corrected chi connectivity index (χ3v) is 4.10. The van der Waals surface area contributed by atoms with Gasteiger partial charge in [-0.2, -0.15) is 0 Å². The maximum Gasteiger partial charge on any atom is 0.0503 e. The van der Waals surface area contributed by atoms with Gasteiger partial charge in [0.25, 0.3) is 0 Å². The van der Waals surface area contributed by atoms with Crippen molar-refractivity contribution in [2.75, 3.05) is 0 Å². The molecule has 0 aliphatic rings. The van der Waals surface area contributed by atoms with E-state index in [1.807, 2.05) is 0 Å². The number of hydrogen-bond acceptors (Lipinski definition) is 2. The minimum atomic E-state index is 0.158. The first-order chi connectivity index (χ1) is 10.2. The molecular formula is C19H26N2. The van der Waals surface area contributed by atoms with E-state index in [1.165, 1.54) is 22.3 Å². The minimum absolute atomic E-state index is 0.158. The summed E-state index contributed by atoms with van der Waals surface area (Å²) >= 11 is 0. The van der Waals surface area contributed by atoms with Crippen LogP contribution in [-0.2, 0) is 12.8 Å². The highest BCUT2D eigenvalue weighted by Gasteiger charge is 2.13. The van der Waals surface area contributed by atoms with Crippen LogP contribution in [0.1, 0.15) is 55.0 Å². The summed E-state index contributed by atoms with van der Waals surface area (Å²) in [6.45, 7) is 6.62. The number of benzene rings is 2. The van der Waals surface area contributed by atoms with Crippen LogP contribution in [0, 0.1) is 0 Å². The van der Waals surface area contributed by atoms with Gasteiger partial charge in [-0.25, -0.2) is 0 Å². The zero-order chi connectivity index (χ0) is 15.2. The maximum atomic E-state index is 5.80. The zero-order valence-electron chi connectivity index (χ0n) is 13.3. The first kappa shape index (κ1) is 15.7. The number of hydrazine groups is 1. The summed E-state index contributed by atoms with van der Waals surface area (Å²) in [7, 11) is 0. The van der Waals surface area contributed by atoms with Crippen LogP contribution < -0.4 is 11.3 Å². The summed E-state index contributed by atoms with van der Waals surface area (Å²) < 4.78 is 0. The van der Waals surface area contributed by atoms with Crippen LogP contribution >= 0.6 is 0 Å². The molecule has 1 atom stereocenters. The topological polar surface area (TPSA) is 38.0 Å². The second-order valence-electron chi connectivity index (χ2n) is 5.87. The largest absolute Gasteiger partial charge is 0.271 e. The minimum Gasteiger partial charge on any atom is -0.271 e. The lowest BCUT2D eigenvalue weighted by molar-refractivity contribution is 0.547.